The molecule has 2 nitrogen and oxygen atoms in total. The lowest BCUT2D eigenvalue weighted by Crippen LogP contribution is -2.00. The quantitative estimate of drug-likeness (QED) is 0.787. The van der Waals surface area contributed by atoms with Gasteiger partial charge < -0.3 is 4.74 Å². The SMILES string of the molecule is Cc1nc(Cl)c(OCC2CC2)cc1Br. The molecular weight excluding hydrogens is 265 g/mol. The zero-order valence-corrected chi connectivity index (χ0v) is 10.2. The molecule has 76 valence electrons. The van der Waals surface area contributed by atoms with Gasteiger partial charge in [-0.25, -0.2) is 4.98 Å². The van der Waals surface area contributed by atoms with Gasteiger partial charge in [0.1, 0.15) is 0 Å². The number of hydrogen-bond donors (Lipinski definition) is 0. The number of rotatable bonds is 3. The van der Waals surface area contributed by atoms with Crippen LogP contribution in [0.4, 0.5) is 0 Å². The van der Waals surface area contributed by atoms with Crippen molar-refractivity contribution in [2.45, 2.75) is 19.8 Å². The third kappa shape index (κ3) is 2.39. The number of hydrogen-bond acceptors (Lipinski definition) is 2. The molecule has 1 aromatic heterocycles. The average Bonchev–Trinajstić information content (AvgIpc) is 2.92. The van der Waals surface area contributed by atoms with Crippen LogP contribution in [0.5, 0.6) is 5.75 Å². The van der Waals surface area contributed by atoms with E-state index >= 15 is 0 Å². The van der Waals surface area contributed by atoms with Gasteiger partial charge in [-0.1, -0.05) is 11.6 Å². The topological polar surface area (TPSA) is 22.1 Å². The summed E-state index contributed by atoms with van der Waals surface area (Å²) >= 11 is 9.35. The molecule has 0 aromatic carbocycles. The summed E-state index contributed by atoms with van der Waals surface area (Å²) < 4.78 is 6.51. The molecule has 0 aliphatic heterocycles. The van der Waals surface area contributed by atoms with Crippen LogP contribution in [0.15, 0.2) is 10.5 Å². The number of aromatic nitrogens is 1. The van der Waals surface area contributed by atoms with E-state index in [2.05, 4.69) is 20.9 Å². The van der Waals surface area contributed by atoms with E-state index in [1.807, 2.05) is 13.0 Å². The monoisotopic (exact) mass is 275 g/mol. The summed E-state index contributed by atoms with van der Waals surface area (Å²) in [5, 5.41) is 0.450. The number of ether oxygens (including phenoxy) is 1. The highest BCUT2D eigenvalue weighted by Gasteiger charge is 2.22. The van der Waals surface area contributed by atoms with Crippen LogP contribution in [0, 0.1) is 12.8 Å². The fourth-order valence-electron chi connectivity index (χ4n) is 1.13. The van der Waals surface area contributed by atoms with Crippen molar-refractivity contribution in [1.29, 1.82) is 0 Å². The van der Waals surface area contributed by atoms with Crippen molar-refractivity contribution in [2.75, 3.05) is 6.61 Å². The summed E-state index contributed by atoms with van der Waals surface area (Å²) in [6.07, 6.45) is 2.55. The summed E-state index contributed by atoms with van der Waals surface area (Å²) in [7, 11) is 0. The molecule has 1 heterocycles. The Morgan fingerprint density at radius 2 is 2.36 bits per heavy atom. The third-order valence-corrected chi connectivity index (χ3v) is 3.32. The Labute approximate surface area is 96.8 Å². The highest BCUT2D eigenvalue weighted by atomic mass is 79.9. The van der Waals surface area contributed by atoms with Crippen LogP contribution in [0.25, 0.3) is 0 Å². The van der Waals surface area contributed by atoms with E-state index in [-0.39, 0.29) is 0 Å². The second kappa shape index (κ2) is 4.07. The van der Waals surface area contributed by atoms with Gasteiger partial charge in [-0.05, 0) is 47.7 Å². The largest absolute Gasteiger partial charge is 0.490 e. The van der Waals surface area contributed by atoms with Crippen LogP contribution in [0.2, 0.25) is 5.15 Å². The predicted octanol–water partition coefficient (Wildman–Crippen LogP) is 3.59. The Hall–Kier alpha value is -0.280. The molecule has 1 aliphatic carbocycles. The Balaban J connectivity index is 2.10. The molecule has 0 unspecified atom stereocenters. The van der Waals surface area contributed by atoms with Gasteiger partial charge in [-0.2, -0.15) is 0 Å². The van der Waals surface area contributed by atoms with Gasteiger partial charge in [-0.15, -0.1) is 0 Å². The summed E-state index contributed by atoms with van der Waals surface area (Å²) in [6.45, 7) is 2.66. The molecule has 4 heteroatoms. The van der Waals surface area contributed by atoms with Gasteiger partial charge in [0.05, 0.1) is 12.3 Å². The molecule has 0 spiro atoms. The smallest absolute Gasteiger partial charge is 0.171 e. The molecular formula is C10H11BrClNO. The molecule has 1 aromatic rings. The Morgan fingerprint density at radius 3 is 3.00 bits per heavy atom. The first-order valence-corrected chi connectivity index (χ1v) is 5.79. The van der Waals surface area contributed by atoms with E-state index < -0.39 is 0 Å². The summed E-state index contributed by atoms with van der Waals surface area (Å²) in [5.41, 5.74) is 0.883. The number of pyridine rings is 1. The van der Waals surface area contributed by atoms with Gasteiger partial charge in [0.25, 0.3) is 0 Å². The van der Waals surface area contributed by atoms with Gasteiger partial charge in [0.15, 0.2) is 10.9 Å². The van der Waals surface area contributed by atoms with Crippen molar-refractivity contribution < 1.29 is 4.74 Å². The summed E-state index contributed by atoms with van der Waals surface area (Å²) in [5.74, 6) is 1.40. The molecule has 1 fully saturated rings. The minimum absolute atomic E-state index is 0.450. The van der Waals surface area contributed by atoms with E-state index in [1.165, 1.54) is 12.8 Å². The fourth-order valence-corrected chi connectivity index (χ4v) is 1.66. The number of nitrogens with zero attached hydrogens (tertiary/aromatic N) is 1. The lowest BCUT2D eigenvalue weighted by atomic mass is 10.3. The van der Waals surface area contributed by atoms with Crippen LogP contribution in [0.1, 0.15) is 18.5 Å². The van der Waals surface area contributed by atoms with E-state index in [0.717, 1.165) is 22.7 Å². The lowest BCUT2D eigenvalue weighted by molar-refractivity contribution is 0.298. The van der Waals surface area contributed by atoms with E-state index in [4.69, 9.17) is 16.3 Å². The van der Waals surface area contributed by atoms with E-state index in [0.29, 0.717) is 10.9 Å². The molecule has 1 saturated carbocycles. The maximum atomic E-state index is 5.95. The summed E-state index contributed by atoms with van der Waals surface area (Å²) in [4.78, 5) is 4.17. The van der Waals surface area contributed by atoms with E-state index in [1.54, 1.807) is 0 Å². The van der Waals surface area contributed by atoms with Crippen LogP contribution in [-0.2, 0) is 0 Å². The molecule has 0 amide bonds. The molecule has 0 radical (unpaired) electrons. The zero-order valence-electron chi connectivity index (χ0n) is 7.89. The second-order valence-corrected chi connectivity index (χ2v) is 4.81. The molecule has 1 aliphatic rings. The van der Waals surface area contributed by atoms with Crippen molar-refractivity contribution in [3.05, 3.63) is 21.4 Å². The third-order valence-electron chi connectivity index (χ3n) is 2.24. The fraction of sp³-hybridized carbons (Fsp3) is 0.500. The zero-order chi connectivity index (χ0) is 10.1. The van der Waals surface area contributed by atoms with Crippen molar-refractivity contribution in [3.8, 4) is 5.75 Å². The Morgan fingerprint density at radius 1 is 1.64 bits per heavy atom. The minimum Gasteiger partial charge on any atom is -0.490 e. The minimum atomic E-state index is 0.450. The van der Waals surface area contributed by atoms with Crippen molar-refractivity contribution in [2.24, 2.45) is 5.92 Å². The Kier molecular flexibility index (Phi) is 2.98. The molecule has 0 saturated heterocycles. The predicted molar refractivity (Wildman–Crippen MR) is 59.9 cm³/mol. The second-order valence-electron chi connectivity index (χ2n) is 3.60. The first kappa shape index (κ1) is 10.2. The van der Waals surface area contributed by atoms with Crippen molar-refractivity contribution in [3.63, 3.8) is 0 Å². The molecule has 0 bridgehead atoms. The normalized spacial score (nSPS) is 15.6. The standard InChI is InChI=1S/C10H11BrClNO/c1-6-8(11)4-9(10(12)13-6)14-5-7-2-3-7/h4,7H,2-3,5H2,1H3. The van der Waals surface area contributed by atoms with E-state index in [9.17, 15) is 0 Å². The highest BCUT2D eigenvalue weighted by molar-refractivity contribution is 9.10. The van der Waals surface area contributed by atoms with Crippen molar-refractivity contribution in [1.82, 2.24) is 4.98 Å². The van der Waals surface area contributed by atoms with Gasteiger partial charge in [0, 0.05) is 4.47 Å². The molecule has 0 atom stereocenters. The van der Waals surface area contributed by atoms with Crippen LogP contribution in [0.3, 0.4) is 0 Å². The maximum Gasteiger partial charge on any atom is 0.171 e. The van der Waals surface area contributed by atoms with Crippen molar-refractivity contribution >= 4 is 27.5 Å². The average molecular weight is 277 g/mol. The maximum absolute atomic E-state index is 5.95. The van der Waals surface area contributed by atoms with Gasteiger partial charge >= 0.3 is 0 Å². The van der Waals surface area contributed by atoms with Gasteiger partial charge in [-0.3, -0.25) is 0 Å². The molecule has 14 heavy (non-hydrogen) atoms. The highest BCUT2D eigenvalue weighted by Crippen LogP contribution is 2.32. The Bertz CT molecular complexity index is 352. The van der Waals surface area contributed by atoms with Gasteiger partial charge in [0.2, 0.25) is 0 Å². The van der Waals surface area contributed by atoms with Crippen LogP contribution in [-0.4, -0.2) is 11.6 Å². The van der Waals surface area contributed by atoms with Crippen LogP contribution < -0.4 is 4.74 Å². The molecule has 2 rings (SSSR count). The number of halogens is 2. The first-order chi connectivity index (χ1) is 6.66. The lowest BCUT2D eigenvalue weighted by Gasteiger charge is -2.08. The van der Waals surface area contributed by atoms with Crippen LogP contribution >= 0.6 is 27.5 Å². The summed E-state index contributed by atoms with van der Waals surface area (Å²) in [6, 6.07) is 1.88. The molecule has 0 N–H and O–H groups in total. The first-order valence-electron chi connectivity index (χ1n) is 4.62. The number of aryl methyl sites for hydroxylation is 1.